The molecule has 0 radical (unpaired) electrons. The number of nitro groups is 1. The van der Waals surface area contributed by atoms with Gasteiger partial charge in [-0.1, -0.05) is 36.4 Å². The van der Waals surface area contributed by atoms with Crippen molar-refractivity contribution in [1.82, 2.24) is 0 Å². The summed E-state index contributed by atoms with van der Waals surface area (Å²) in [5.41, 5.74) is 1.56. The van der Waals surface area contributed by atoms with Crippen LogP contribution < -0.4 is 15.0 Å². The average molecular weight is 465 g/mol. The predicted octanol–water partition coefficient (Wildman–Crippen LogP) is 5.15. The molecule has 5 rings (SSSR count). The fourth-order valence-corrected chi connectivity index (χ4v) is 4.10. The zero-order valence-corrected chi connectivity index (χ0v) is 18.6. The van der Waals surface area contributed by atoms with Crippen molar-refractivity contribution in [2.24, 2.45) is 0 Å². The lowest BCUT2D eigenvalue weighted by atomic mass is 10.0. The molecule has 8 heteroatoms. The highest BCUT2D eigenvalue weighted by atomic mass is 16.6. The molecule has 0 saturated heterocycles. The number of hydrogen-bond acceptors (Lipinski definition) is 6. The first kappa shape index (κ1) is 21.8. The Morgan fingerprint density at radius 1 is 0.829 bits per heavy atom. The molecule has 1 aliphatic rings. The van der Waals surface area contributed by atoms with Crippen LogP contribution >= 0.6 is 0 Å². The Labute approximate surface area is 200 Å². The maximum Gasteiger partial charge on any atom is 0.282 e. The first-order chi connectivity index (χ1) is 17.0. The molecule has 1 aliphatic heterocycles. The standard InChI is InChI=1S/C27H19N3O5/c1-35-21-15-13-19(14-16-21)29-26(31)24(18-9-11-20(12-10-18)30(33)34)25(27(29)32)28-23-8-4-6-17-5-2-3-7-22(17)23/h2-16,28H,1H3. The number of non-ortho nitro benzene ring substituents is 1. The molecule has 4 aromatic rings. The summed E-state index contributed by atoms with van der Waals surface area (Å²) in [6, 6.07) is 25.5. The van der Waals surface area contributed by atoms with Crippen molar-refractivity contribution in [2.45, 2.75) is 0 Å². The number of carbonyl (C=O) groups is 2. The number of rotatable bonds is 6. The van der Waals surface area contributed by atoms with Crippen molar-refractivity contribution in [3.8, 4) is 5.75 Å². The van der Waals surface area contributed by atoms with Gasteiger partial charge in [0.15, 0.2) is 0 Å². The minimum Gasteiger partial charge on any atom is -0.497 e. The highest BCUT2D eigenvalue weighted by Crippen LogP contribution is 2.36. The van der Waals surface area contributed by atoms with E-state index in [-0.39, 0.29) is 17.0 Å². The minimum absolute atomic E-state index is 0.0935. The number of anilines is 2. The lowest BCUT2D eigenvalue weighted by molar-refractivity contribution is -0.384. The van der Waals surface area contributed by atoms with Gasteiger partial charge >= 0.3 is 0 Å². The Kier molecular flexibility index (Phi) is 5.46. The summed E-state index contributed by atoms with van der Waals surface area (Å²) in [7, 11) is 1.53. The molecule has 0 bridgehead atoms. The van der Waals surface area contributed by atoms with Gasteiger partial charge in [0, 0.05) is 23.2 Å². The second-order valence-corrected chi connectivity index (χ2v) is 7.85. The maximum atomic E-state index is 13.6. The maximum absolute atomic E-state index is 13.6. The summed E-state index contributed by atoms with van der Waals surface area (Å²) >= 11 is 0. The number of imide groups is 1. The van der Waals surface area contributed by atoms with E-state index in [1.165, 1.54) is 31.4 Å². The number of fused-ring (bicyclic) bond motifs is 1. The van der Waals surface area contributed by atoms with Crippen LogP contribution in [0.3, 0.4) is 0 Å². The predicted molar refractivity (Wildman–Crippen MR) is 133 cm³/mol. The Bertz CT molecular complexity index is 1500. The molecule has 0 saturated carbocycles. The van der Waals surface area contributed by atoms with E-state index in [9.17, 15) is 19.7 Å². The lowest BCUT2D eigenvalue weighted by Gasteiger charge is -2.16. The van der Waals surface area contributed by atoms with Gasteiger partial charge < -0.3 is 10.1 Å². The normalized spacial score (nSPS) is 13.5. The van der Waals surface area contributed by atoms with E-state index in [4.69, 9.17) is 4.74 Å². The number of nitro benzene ring substituents is 1. The lowest BCUT2D eigenvalue weighted by Crippen LogP contribution is -2.32. The Balaban J connectivity index is 1.63. The molecule has 35 heavy (non-hydrogen) atoms. The Hall–Kier alpha value is -4.98. The molecule has 4 aromatic carbocycles. The van der Waals surface area contributed by atoms with Gasteiger partial charge in [-0.05, 0) is 53.4 Å². The zero-order valence-electron chi connectivity index (χ0n) is 18.6. The molecule has 2 amide bonds. The second-order valence-electron chi connectivity index (χ2n) is 7.85. The van der Waals surface area contributed by atoms with E-state index in [0.717, 1.165) is 15.7 Å². The van der Waals surface area contributed by atoms with Crippen molar-refractivity contribution >= 4 is 45.2 Å². The van der Waals surface area contributed by atoms with Crippen LogP contribution in [0, 0.1) is 10.1 Å². The first-order valence-electron chi connectivity index (χ1n) is 10.7. The molecular formula is C27H19N3O5. The van der Waals surface area contributed by atoms with E-state index in [1.807, 2.05) is 42.5 Å². The molecule has 0 aliphatic carbocycles. The SMILES string of the molecule is COc1ccc(N2C(=O)C(Nc3cccc4ccccc34)=C(c3ccc([N+](=O)[O-])cc3)C2=O)cc1. The van der Waals surface area contributed by atoms with Gasteiger partial charge in [0.1, 0.15) is 11.4 Å². The molecule has 8 nitrogen and oxygen atoms in total. The molecule has 0 spiro atoms. The van der Waals surface area contributed by atoms with E-state index in [0.29, 0.717) is 22.7 Å². The highest BCUT2D eigenvalue weighted by molar-refractivity contribution is 6.46. The van der Waals surface area contributed by atoms with Crippen LogP contribution in [0.1, 0.15) is 5.56 Å². The van der Waals surface area contributed by atoms with Crippen LogP contribution in [0.15, 0.2) is 96.7 Å². The van der Waals surface area contributed by atoms with Crippen molar-refractivity contribution < 1.29 is 19.2 Å². The number of ether oxygens (including phenoxy) is 1. The summed E-state index contributed by atoms with van der Waals surface area (Å²) < 4.78 is 5.18. The summed E-state index contributed by atoms with van der Waals surface area (Å²) in [6.07, 6.45) is 0. The van der Waals surface area contributed by atoms with Crippen molar-refractivity contribution in [2.75, 3.05) is 17.3 Å². The quantitative estimate of drug-likeness (QED) is 0.240. The molecule has 1 heterocycles. The molecule has 0 atom stereocenters. The Morgan fingerprint density at radius 3 is 2.20 bits per heavy atom. The fraction of sp³-hybridized carbons (Fsp3) is 0.0370. The van der Waals surface area contributed by atoms with E-state index < -0.39 is 16.7 Å². The molecule has 1 N–H and O–H groups in total. The summed E-state index contributed by atoms with van der Waals surface area (Å²) in [6.45, 7) is 0. The number of amides is 2. The molecule has 172 valence electrons. The summed E-state index contributed by atoms with van der Waals surface area (Å²) in [5, 5.41) is 16.1. The van der Waals surface area contributed by atoms with E-state index in [1.54, 1.807) is 24.3 Å². The zero-order chi connectivity index (χ0) is 24.5. The molecule has 0 fully saturated rings. The van der Waals surface area contributed by atoms with Crippen LogP contribution in [0.2, 0.25) is 0 Å². The van der Waals surface area contributed by atoms with E-state index in [2.05, 4.69) is 5.32 Å². The molecule has 0 unspecified atom stereocenters. The number of carbonyl (C=O) groups excluding carboxylic acids is 2. The van der Waals surface area contributed by atoms with Crippen LogP contribution in [-0.2, 0) is 9.59 Å². The highest BCUT2D eigenvalue weighted by Gasteiger charge is 2.40. The largest absolute Gasteiger partial charge is 0.497 e. The smallest absolute Gasteiger partial charge is 0.282 e. The van der Waals surface area contributed by atoms with Crippen molar-refractivity contribution in [3.05, 3.63) is 112 Å². The van der Waals surface area contributed by atoms with Crippen LogP contribution in [0.25, 0.3) is 16.3 Å². The number of methoxy groups -OCH3 is 1. The third kappa shape index (κ3) is 3.87. The van der Waals surface area contributed by atoms with Gasteiger partial charge in [-0.3, -0.25) is 19.7 Å². The number of nitrogens with one attached hydrogen (secondary N) is 1. The second kappa shape index (κ2) is 8.75. The molecule has 0 aromatic heterocycles. The number of nitrogens with zero attached hydrogens (tertiary/aromatic N) is 2. The first-order valence-corrected chi connectivity index (χ1v) is 10.7. The van der Waals surface area contributed by atoms with Crippen molar-refractivity contribution in [3.63, 3.8) is 0 Å². The summed E-state index contributed by atoms with van der Waals surface area (Å²) in [4.78, 5) is 38.9. The van der Waals surface area contributed by atoms with Gasteiger partial charge in [-0.25, -0.2) is 4.90 Å². The summed E-state index contributed by atoms with van der Waals surface area (Å²) in [5.74, 6) is -0.469. The average Bonchev–Trinajstić information content (AvgIpc) is 3.13. The topological polar surface area (TPSA) is 102 Å². The number of benzene rings is 4. The van der Waals surface area contributed by atoms with Crippen LogP contribution in [0.4, 0.5) is 17.1 Å². The van der Waals surface area contributed by atoms with Gasteiger partial charge in [0.25, 0.3) is 17.5 Å². The third-order valence-corrected chi connectivity index (χ3v) is 5.83. The number of hydrogen-bond donors (Lipinski definition) is 1. The Morgan fingerprint density at radius 2 is 1.51 bits per heavy atom. The fourth-order valence-electron chi connectivity index (χ4n) is 4.10. The van der Waals surface area contributed by atoms with Crippen molar-refractivity contribution in [1.29, 1.82) is 0 Å². The minimum atomic E-state index is -0.531. The van der Waals surface area contributed by atoms with Gasteiger partial charge in [-0.2, -0.15) is 0 Å². The van der Waals surface area contributed by atoms with Crippen LogP contribution in [-0.4, -0.2) is 23.8 Å². The van der Waals surface area contributed by atoms with E-state index >= 15 is 0 Å². The monoisotopic (exact) mass is 465 g/mol. The van der Waals surface area contributed by atoms with Crippen LogP contribution in [0.5, 0.6) is 5.75 Å². The van der Waals surface area contributed by atoms with Gasteiger partial charge in [0.2, 0.25) is 0 Å². The molecular weight excluding hydrogens is 446 g/mol. The van der Waals surface area contributed by atoms with Gasteiger partial charge in [-0.15, -0.1) is 0 Å². The third-order valence-electron chi connectivity index (χ3n) is 5.83. The van der Waals surface area contributed by atoms with Gasteiger partial charge in [0.05, 0.1) is 23.3 Å².